The van der Waals surface area contributed by atoms with Crippen LogP contribution in [-0.2, 0) is 13.1 Å². The van der Waals surface area contributed by atoms with Crippen molar-refractivity contribution in [1.29, 1.82) is 0 Å². The second-order valence-corrected chi connectivity index (χ2v) is 7.45. The molecule has 3 aromatic rings. The van der Waals surface area contributed by atoms with Crippen molar-refractivity contribution in [3.8, 4) is 0 Å². The van der Waals surface area contributed by atoms with Crippen LogP contribution in [0.1, 0.15) is 5.56 Å². The molecule has 0 spiro atoms. The molecule has 2 aromatic carbocycles. The van der Waals surface area contributed by atoms with Crippen molar-refractivity contribution in [3.63, 3.8) is 0 Å². The third kappa shape index (κ3) is 4.65. The monoisotopic (exact) mass is 449 g/mol. The minimum Gasteiger partial charge on any atom is -0.390 e. The van der Waals surface area contributed by atoms with Crippen molar-refractivity contribution in [2.24, 2.45) is 0 Å². The van der Waals surface area contributed by atoms with E-state index < -0.39 is 6.10 Å². The zero-order valence-corrected chi connectivity index (χ0v) is 16.1. The van der Waals surface area contributed by atoms with Crippen molar-refractivity contribution in [3.05, 3.63) is 74.3 Å². The molecular formula is C19H20IN3O2. The van der Waals surface area contributed by atoms with E-state index in [0.29, 0.717) is 17.4 Å². The molecule has 0 fully saturated rings. The van der Waals surface area contributed by atoms with Crippen LogP contribution in [0.4, 0.5) is 0 Å². The molecule has 0 saturated heterocycles. The molecule has 6 heteroatoms. The topological polar surface area (TPSA) is 58.4 Å². The van der Waals surface area contributed by atoms with Crippen LogP contribution in [0.25, 0.3) is 10.9 Å². The standard InChI is InChI=1S/C19H20IN3O2/c1-22(10-14-5-3-2-4-6-14)11-16(24)12-23-13-21-18-8-7-15(20)9-17(18)19(23)25/h2-9,13,16,24H,10-12H2,1H3. The number of aliphatic hydroxyl groups excluding tert-OH is 1. The number of hydrogen-bond donors (Lipinski definition) is 1. The lowest BCUT2D eigenvalue weighted by molar-refractivity contribution is 0.106. The maximum Gasteiger partial charge on any atom is 0.261 e. The van der Waals surface area contributed by atoms with Gasteiger partial charge in [0.2, 0.25) is 0 Å². The van der Waals surface area contributed by atoms with Gasteiger partial charge in [0.25, 0.3) is 5.56 Å². The summed E-state index contributed by atoms with van der Waals surface area (Å²) in [6, 6.07) is 15.7. The summed E-state index contributed by atoms with van der Waals surface area (Å²) in [6.07, 6.45) is 0.867. The molecule has 1 heterocycles. The molecule has 5 nitrogen and oxygen atoms in total. The molecule has 0 radical (unpaired) electrons. The van der Waals surface area contributed by atoms with Gasteiger partial charge in [0.05, 0.1) is 29.9 Å². The van der Waals surface area contributed by atoms with Gasteiger partial charge in [-0.1, -0.05) is 30.3 Å². The molecule has 3 rings (SSSR count). The summed E-state index contributed by atoms with van der Waals surface area (Å²) in [5, 5.41) is 11.0. The number of fused-ring (bicyclic) bond motifs is 1. The maximum absolute atomic E-state index is 12.6. The predicted octanol–water partition coefficient (Wildman–Crippen LogP) is 2.49. The molecule has 1 atom stereocenters. The minimum atomic E-state index is -0.645. The first-order chi connectivity index (χ1) is 12.0. The van der Waals surface area contributed by atoms with Gasteiger partial charge in [-0.15, -0.1) is 0 Å². The van der Waals surface area contributed by atoms with Crippen LogP contribution < -0.4 is 5.56 Å². The molecule has 1 aromatic heterocycles. The number of nitrogens with zero attached hydrogens (tertiary/aromatic N) is 3. The van der Waals surface area contributed by atoms with E-state index in [9.17, 15) is 9.90 Å². The van der Waals surface area contributed by atoms with E-state index in [0.717, 1.165) is 10.1 Å². The fourth-order valence-corrected chi connectivity index (χ4v) is 3.36. The number of benzene rings is 2. The maximum atomic E-state index is 12.6. The summed E-state index contributed by atoms with van der Waals surface area (Å²) in [4.78, 5) is 18.9. The van der Waals surface area contributed by atoms with Gasteiger partial charge in [0, 0.05) is 16.7 Å². The van der Waals surface area contributed by atoms with Gasteiger partial charge < -0.3 is 5.11 Å². The van der Waals surface area contributed by atoms with Gasteiger partial charge in [-0.3, -0.25) is 14.3 Å². The average Bonchev–Trinajstić information content (AvgIpc) is 2.58. The van der Waals surface area contributed by atoms with Crippen LogP contribution in [0.2, 0.25) is 0 Å². The third-order valence-corrected chi connectivity index (χ3v) is 4.68. The Morgan fingerprint density at radius 3 is 2.76 bits per heavy atom. The quantitative estimate of drug-likeness (QED) is 0.588. The highest BCUT2D eigenvalue weighted by molar-refractivity contribution is 14.1. The third-order valence-electron chi connectivity index (χ3n) is 4.01. The van der Waals surface area contributed by atoms with Gasteiger partial charge in [-0.25, -0.2) is 4.98 Å². The van der Waals surface area contributed by atoms with Crippen LogP contribution in [0.15, 0.2) is 59.7 Å². The average molecular weight is 449 g/mol. The minimum absolute atomic E-state index is 0.117. The predicted molar refractivity (Wildman–Crippen MR) is 108 cm³/mol. The van der Waals surface area contributed by atoms with Crippen molar-refractivity contribution in [2.45, 2.75) is 19.2 Å². The second-order valence-electron chi connectivity index (χ2n) is 6.20. The number of hydrogen-bond acceptors (Lipinski definition) is 4. The second kappa shape index (κ2) is 8.07. The number of rotatable bonds is 6. The molecule has 25 heavy (non-hydrogen) atoms. The Kier molecular flexibility index (Phi) is 5.82. The fourth-order valence-electron chi connectivity index (χ4n) is 2.87. The summed E-state index contributed by atoms with van der Waals surface area (Å²) < 4.78 is 2.48. The van der Waals surface area contributed by atoms with Crippen LogP contribution in [0, 0.1) is 3.57 Å². The first-order valence-corrected chi connectivity index (χ1v) is 9.16. The van der Waals surface area contributed by atoms with E-state index in [-0.39, 0.29) is 12.1 Å². The van der Waals surface area contributed by atoms with Gasteiger partial charge >= 0.3 is 0 Å². The molecule has 1 unspecified atom stereocenters. The van der Waals surface area contributed by atoms with Crippen molar-refractivity contribution in [2.75, 3.05) is 13.6 Å². The normalized spacial score (nSPS) is 12.6. The van der Waals surface area contributed by atoms with E-state index in [1.807, 2.05) is 48.3 Å². The molecule has 0 bridgehead atoms. The lowest BCUT2D eigenvalue weighted by Crippen LogP contribution is -2.34. The Balaban J connectivity index is 1.68. The number of halogens is 1. The van der Waals surface area contributed by atoms with E-state index in [1.165, 1.54) is 16.5 Å². The van der Waals surface area contributed by atoms with Crippen molar-refractivity contribution >= 4 is 33.5 Å². The largest absolute Gasteiger partial charge is 0.390 e. The molecule has 0 amide bonds. The van der Waals surface area contributed by atoms with E-state index >= 15 is 0 Å². The van der Waals surface area contributed by atoms with E-state index in [1.54, 1.807) is 0 Å². The number of aromatic nitrogens is 2. The Labute approximate surface area is 160 Å². The molecular weight excluding hydrogens is 429 g/mol. The van der Waals surface area contributed by atoms with Crippen LogP contribution in [0.5, 0.6) is 0 Å². The van der Waals surface area contributed by atoms with E-state index in [4.69, 9.17) is 0 Å². The first-order valence-electron chi connectivity index (χ1n) is 8.08. The van der Waals surface area contributed by atoms with Gasteiger partial charge in [0.15, 0.2) is 0 Å². The SMILES string of the molecule is CN(Cc1ccccc1)CC(O)Cn1cnc2ccc(I)cc2c1=O. The fraction of sp³-hybridized carbons (Fsp3) is 0.263. The summed E-state index contributed by atoms with van der Waals surface area (Å²) in [6.45, 7) is 1.46. The first kappa shape index (κ1) is 18.0. The number of likely N-dealkylation sites (N-methyl/N-ethyl adjacent to an activating group) is 1. The highest BCUT2D eigenvalue weighted by atomic mass is 127. The summed E-state index contributed by atoms with van der Waals surface area (Å²) in [5.41, 5.74) is 1.75. The van der Waals surface area contributed by atoms with Crippen molar-refractivity contribution < 1.29 is 5.11 Å². The van der Waals surface area contributed by atoms with Crippen LogP contribution in [0.3, 0.4) is 0 Å². The summed E-state index contributed by atoms with van der Waals surface area (Å²) in [7, 11) is 1.96. The summed E-state index contributed by atoms with van der Waals surface area (Å²) in [5.74, 6) is 0. The Hall–Kier alpha value is -1.77. The molecule has 0 saturated carbocycles. The molecule has 0 aliphatic carbocycles. The summed E-state index contributed by atoms with van der Waals surface area (Å²) >= 11 is 2.18. The van der Waals surface area contributed by atoms with E-state index in [2.05, 4.69) is 39.7 Å². The highest BCUT2D eigenvalue weighted by Crippen LogP contribution is 2.12. The molecule has 0 aliphatic rings. The van der Waals surface area contributed by atoms with Crippen LogP contribution >= 0.6 is 22.6 Å². The zero-order chi connectivity index (χ0) is 17.8. The Morgan fingerprint density at radius 2 is 2.00 bits per heavy atom. The molecule has 130 valence electrons. The Morgan fingerprint density at radius 1 is 1.24 bits per heavy atom. The zero-order valence-electron chi connectivity index (χ0n) is 14.0. The smallest absolute Gasteiger partial charge is 0.261 e. The number of aliphatic hydroxyl groups is 1. The molecule has 1 N–H and O–H groups in total. The van der Waals surface area contributed by atoms with Crippen molar-refractivity contribution in [1.82, 2.24) is 14.5 Å². The Bertz CT molecular complexity index is 911. The van der Waals surface area contributed by atoms with Crippen LogP contribution in [-0.4, -0.2) is 39.3 Å². The lowest BCUT2D eigenvalue weighted by Gasteiger charge is -2.21. The lowest BCUT2D eigenvalue weighted by atomic mass is 10.2. The highest BCUT2D eigenvalue weighted by Gasteiger charge is 2.12. The molecule has 0 aliphatic heterocycles. The van der Waals surface area contributed by atoms with Gasteiger partial charge in [0.1, 0.15) is 0 Å². The van der Waals surface area contributed by atoms with Gasteiger partial charge in [-0.2, -0.15) is 0 Å². The van der Waals surface area contributed by atoms with Gasteiger partial charge in [-0.05, 0) is 53.4 Å².